The largest absolute Gasteiger partial charge is 0.177 e. The molecule has 0 saturated heterocycles. The zero-order valence-corrected chi connectivity index (χ0v) is 17.8. The standard InChI is InChI=1S/C21H29.Y/c1-7-16-9-18(14-20(3,4)12-16)11-19-10-17(8-2)13-21(5,6)15-19;/h7-10H,1,12-15H2,2-6H3;/q-1;/b17-8-;. The molecule has 0 atom stereocenters. The van der Waals surface area contributed by atoms with E-state index in [-0.39, 0.29) is 32.7 Å². The van der Waals surface area contributed by atoms with Crippen molar-refractivity contribution in [2.45, 2.75) is 60.3 Å². The number of hydrogen-bond acceptors (Lipinski definition) is 0. The van der Waals surface area contributed by atoms with Gasteiger partial charge in [-0.2, -0.15) is 29.4 Å². The molecule has 1 radical (unpaired) electrons. The SMILES string of the molecule is C=CC1=CC(=[C-]C2=C/C(=C/C)CC(C)(C)C2)CC(C)(C)C1.[Y]. The van der Waals surface area contributed by atoms with Crippen molar-refractivity contribution >= 4 is 0 Å². The fraction of sp³-hybridized carbons (Fsp3) is 0.524. The van der Waals surface area contributed by atoms with Crippen LogP contribution < -0.4 is 0 Å². The summed E-state index contributed by atoms with van der Waals surface area (Å²) in [6, 6.07) is 0. The Labute approximate surface area is 162 Å². The first-order valence-corrected chi connectivity index (χ1v) is 8.05. The minimum absolute atomic E-state index is 0. The number of rotatable bonds is 2. The van der Waals surface area contributed by atoms with E-state index in [1.54, 1.807) is 0 Å². The molecule has 2 aliphatic carbocycles. The Morgan fingerprint density at radius 1 is 1.00 bits per heavy atom. The van der Waals surface area contributed by atoms with Crippen LogP contribution in [0.3, 0.4) is 0 Å². The molecule has 0 heterocycles. The third kappa shape index (κ3) is 5.46. The van der Waals surface area contributed by atoms with Crippen molar-refractivity contribution < 1.29 is 32.7 Å². The van der Waals surface area contributed by atoms with Gasteiger partial charge in [-0.15, -0.1) is 11.1 Å². The number of allylic oxidation sites excluding steroid dienone is 9. The molecule has 0 amide bonds. The van der Waals surface area contributed by atoms with E-state index in [4.69, 9.17) is 0 Å². The first-order chi connectivity index (χ1) is 9.73. The van der Waals surface area contributed by atoms with Gasteiger partial charge in [-0.25, -0.2) is 0 Å². The quantitative estimate of drug-likeness (QED) is 0.498. The van der Waals surface area contributed by atoms with E-state index in [0.29, 0.717) is 10.8 Å². The molecule has 1 heteroatoms. The van der Waals surface area contributed by atoms with Gasteiger partial charge in [0, 0.05) is 32.7 Å². The summed E-state index contributed by atoms with van der Waals surface area (Å²) in [6.45, 7) is 15.5. The summed E-state index contributed by atoms with van der Waals surface area (Å²) in [5.74, 6) is 0. The summed E-state index contributed by atoms with van der Waals surface area (Å²) in [7, 11) is 0. The molecule has 22 heavy (non-hydrogen) atoms. The summed E-state index contributed by atoms with van der Waals surface area (Å²) < 4.78 is 0. The summed E-state index contributed by atoms with van der Waals surface area (Å²) in [6.07, 6.45) is 17.1. The van der Waals surface area contributed by atoms with Gasteiger partial charge in [0.1, 0.15) is 0 Å². The molecule has 0 unspecified atom stereocenters. The fourth-order valence-corrected chi connectivity index (χ4v) is 3.60. The Kier molecular flexibility index (Phi) is 6.84. The van der Waals surface area contributed by atoms with E-state index in [9.17, 15) is 0 Å². The minimum atomic E-state index is 0. The molecule has 0 N–H and O–H groups in total. The molecule has 2 rings (SSSR count). The van der Waals surface area contributed by atoms with Crippen molar-refractivity contribution in [2.24, 2.45) is 10.8 Å². The molecule has 0 aromatic carbocycles. The van der Waals surface area contributed by atoms with Gasteiger partial charge in [0.05, 0.1) is 0 Å². The van der Waals surface area contributed by atoms with Crippen LogP contribution in [0.5, 0.6) is 0 Å². The van der Waals surface area contributed by atoms with Gasteiger partial charge in [0.15, 0.2) is 0 Å². The Morgan fingerprint density at radius 3 is 2.23 bits per heavy atom. The molecule has 0 bridgehead atoms. The summed E-state index contributed by atoms with van der Waals surface area (Å²) in [5.41, 5.74) is 6.13. The van der Waals surface area contributed by atoms with Gasteiger partial charge in [0.25, 0.3) is 0 Å². The molecule has 0 spiro atoms. The van der Waals surface area contributed by atoms with Crippen LogP contribution in [-0.2, 0) is 32.7 Å². The maximum atomic E-state index is 3.95. The normalized spacial score (nSPS) is 27.0. The Hall–Kier alpha value is -0.196. The van der Waals surface area contributed by atoms with Crippen LogP contribution in [0.25, 0.3) is 0 Å². The van der Waals surface area contributed by atoms with E-state index >= 15 is 0 Å². The van der Waals surface area contributed by atoms with Gasteiger partial charge < -0.3 is 0 Å². The first-order valence-electron chi connectivity index (χ1n) is 8.05. The topological polar surface area (TPSA) is 0 Å². The van der Waals surface area contributed by atoms with E-state index in [0.717, 1.165) is 19.3 Å². The maximum absolute atomic E-state index is 3.95. The average Bonchev–Trinajstić information content (AvgIpc) is 2.34. The number of hydrogen-bond donors (Lipinski definition) is 0. The smallest absolute Gasteiger partial charge is 0 e. The molecule has 0 nitrogen and oxygen atoms in total. The van der Waals surface area contributed by atoms with Crippen LogP contribution in [0, 0.1) is 16.9 Å². The Balaban J connectivity index is 0.00000242. The second kappa shape index (κ2) is 7.58. The van der Waals surface area contributed by atoms with Crippen molar-refractivity contribution in [3.05, 3.63) is 59.3 Å². The summed E-state index contributed by atoms with van der Waals surface area (Å²) in [4.78, 5) is 0. The van der Waals surface area contributed by atoms with Crippen molar-refractivity contribution in [1.82, 2.24) is 0 Å². The maximum Gasteiger partial charge on any atom is 0 e. The molecule has 0 aliphatic heterocycles. The zero-order chi connectivity index (χ0) is 15.7. The molecular weight excluding hydrogens is 341 g/mol. The average molecular weight is 370 g/mol. The van der Waals surface area contributed by atoms with Crippen LogP contribution in [0.1, 0.15) is 60.3 Å². The van der Waals surface area contributed by atoms with Gasteiger partial charge in [0.2, 0.25) is 0 Å². The van der Waals surface area contributed by atoms with Gasteiger partial charge >= 0.3 is 0 Å². The minimum Gasteiger partial charge on any atom is -0.177 e. The third-order valence-corrected chi connectivity index (χ3v) is 4.38. The zero-order valence-electron chi connectivity index (χ0n) is 14.9. The van der Waals surface area contributed by atoms with E-state index < -0.39 is 0 Å². The Bertz CT molecular complexity index is 550. The van der Waals surface area contributed by atoms with Gasteiger partial charge in [-0.3, -0.25) is 0 Å². The molecular formula is C21H29Y-. The predicted octanol–water partition coefficient (Wildman–Crippen LogP) is 6.34. The van der Waals surface area contributed by atoms with Crippen molar-refractivity contribution in [3.63, 3.8) is 0 Å². The fourth-order valence-electron chi connectivity index (χ4n) is 3.60. The van der Waals surface area contributed by atoms with E-state index in [2.05, 4.69) is 65.5 Å². The molecule has 0 aromatic rings. The molecule has 0 aromatic heterocycles. The van der Waals surface area contributed by atoms with E-state index in [1.165, 1.54) is 28.7 Å². The summed E-state index contributed by atoms with van der Waals surface area (Å²) in [5, 5.41) is 0. The predicted molar refractivity (Wildman–Crippen MR) is 92.9 cm³/mol. The molecule has 0 saturated carbocycles. The van der Waals surface area contributed by atoms with E-state index in [1.807, 2.05) is 6.08 Å². The molecule has 2 aliphatic rings. The summed E-state index contributed by atoms with van der Waals surface area (Å²) >= 11 is 0. The molecule has 0 fully saturated rings. The first kappa shape index (κ1) is 19.8. The van der Waals surface area contributed by atoms with Crippen molar-refractivity contribution in [3.8, 4) is 0 Å². The Morgan fingerprint density at radius 2 is 1.64 bits per heavy atom. The second-order valence-electron chi connectivity index (χ2n) is 8.14. The second-order valence-corrected chi connectivity index (χ2v) is 8.14. The van der Waals surface area contributed by atoms with Crippen LogP contribution >= 0.6 is 0 Å². The van der Waals surface area contributed by atoms with Crippen LogP contribution in [0.15, 0.2) is 53.2 Å². The van der Waals surface area contributed by atoms with Crippen molar-refractivity contribution in [1.29, 1.82) is 0 Å². The van der Waals surface area contributed by atoms with Crippen LogP contribution in [0.4, 0.5) is 0 Å². The third-order valence-electron chi connectivity index (χ3n) is 4.38. The van der Waals surface area contributed by atoms with Crippen LogP contribution in [-0.4, -0.2) is 0 Å². The molecule has 117 valence electrons. The van der Waals surface area contributed by atoms with Gasteiger partial charge in [-0.1, -0.05) is 46.4 Å². The van der Waals surface area contributed by atoms with Crippen molar-refractivity contribution in [2.75, 3.05) is 0 Å². The van der Waals surface area contributed by atoms with Gasteiger partial charge in [-0.05, 0) is 43.4 Å². The monoisotopic (exact) mass is 370 g/mol. The van der Waals surface area contributed by atoms with Crippen LogP contribution in [0.2, 0.25) is 0 Å².